The van der Waals surface area contributed by atoms with Crippen LogP contribution >= 0.6 is 27.5 Å². The van der Waals surface area contributed by atoms with Gasteiger partial charge in [-0.15, -0.1) is 5.10 Å². The van der Waals surface area contributed by atoms with Crippen LogP contribution in [-0.2, 0) is 0 Å². The normalized spacial score (nSPS) is 10.3. The Bertz CT molecular complexity index is 506. The summed E-state index contributed by atoms with van der Waals surface area (Å²) in [4.78, 5) is 3.88. The molecule has 15 heavy (non-hydrogen) atoms. The van der Waals surface area contributed by atoms with E-state index in [0.717, 1.165) is 4.47 Å². The Morgan fingerprint density at radius 3 is 2.87 bits per heavy atom. The first-order valence-electron chi connectivity index (χ1n) is 3.97. The lowest BCUT2D eigenvalue weighted by Gasteiger charge is -2.01. The molecule has 0 aliphatic heterocycles. The molecule has 0 N–H and O–H groups in total. The lowest BCUT2D eigenvalue weighted by molar-refractivity contribution is 0.629. The van der Waals surface area contributed by atoms with Crippen molar-refractivity contribution in [3.8, 4) is 11.4 Å². The quantitative estimate of drug-likeness (QED) is 0.809. The van der Waals surface area contributed by atoms with E-state index in [1.165, 1.54) is 12.3 Å². The number of aromatic nitrogens is 3. The zero-order valence-corrected chi connectivity index (χ0v) is 9.63. The second-order valence-electron chi connectivity index (χ2n) is 2.73. The molecule has 1 aromatic heterocycles. The largest absolute Gasteiger partial charge is 0.213 e. The third-order valence-corrected chi connectivity index (χ3v) is 2.37. The Morgan fingerprint density at radius 1 is 1.33 bits per heavy atom. The van der Waals surface area contributed by atoms with Gasteiger partial charge in [0.1, 0.15) is 5.82 Å². The van der Waals surface area contributed by atoms with Crippen LogP contribution in [0.15, 0.2) is 28.9 Å². The molecule has 0 saturated carbocycles. The number of hydrogen-bond acceptors (Lipinski definition) is 3. The minimum Gasteiger partial charge on any atom is -0.213 e. The van der Waals surface area contributed by atoms with Crippen LogP contribution in [0.3, 0.4) is 0 Å². The van der Waals surface area contributed by atoms with Crippen LogP contribution < -0.4 is 0 Å². The van der Waals surface area contributed by atoms with Crippen LogP contribution in [0.4, 0.5) is 4.39 Å². The third-order valence-electron chi connectivity index (χ3n) is 1.70. The lowest BCUT2D eigenvalue weighted by atomic mass is 10.2. The van der Waals surface area contributed by atoms with Gasteiger partial charge < -0.3 is 0 Å². The Hall–Kier alpha value is -1.07. The summed E-state index contributed by atoms with van der Waals surface area (Å²) < 4.78 is 14.2. The van der Waals surface area contributed by atoms with E-state index in [-0.39, 0.29) is 16.5 Å². The first kappa shape index (κ1) is 10.4. The maximum Gasteiger partial charge on any atom is 0.186 e. The van der Waals surface area contributed by atoms with Crippen molar-refractivity contribution in [2.24, 2.45) is 0 Å². The van der Waals surface area contributed by atoms with Crippen LogP contribution in [0.2, 0.25) is 5.15 Å². The molecule has 2 rings (SSSR count). The molecule has 0 atom stereocenters. The first-order valence-corrected chi connectivity index (χ1v) is 5.14. The van der Waals surface area contributed by atoms with Gasteiger partial charge in [-0.05, 0) is 18.2 Å². The highest BCUT2D eigenvalue weighted by Crippen LogP contribution is 2.23. The number of rotatable bonds is 1. The topological polar surface area (TPSA) is 38.7 Å². The van der Waals surface area contributed by atoms with Crippen molar-refractivity contribution in [1.82, 2.24) is 15.2 Å². The maximum atomic E-state index is 13.4. The van der Waals surface area contributed by atoms with E-state index >= 15 is 0 Å². The average molecular weight is 289 g/mol. The molecule has 0 aliphatic rings. The molecule has 3 nitrogen and oxygen atoms in total. The Balaban J connectivity index is 2.58. The number of benzene rings is 1. The predicted molar refractivity (Wildman–Crippen MR) is 57.9 cm³/mol. The van der Waals surface area contributed by atoms with Gasteiger partial charge in [0.15, 0.2) is 11.0 Å². The van der Waals surface area contributed by atoms with Gasteiger partial charge in [-0.3, -0.25) is 0 Å². The zero-order valence-electron chi connectivity index (χ0n) is 7.28. The fourth-order valence-corrected chi connectivity index (χ4v) is 1.55. The monoisotopic (exact) mass is 287 g/mol. The summed E-state index contributed by atoms with van der Waals surface area (Å²) in [6.45, 7) is 0. The molecule has 0 amide bonds. The molecule has 0 unspecified atom stereocenters. The van der Waals surface area contributed by atoms with Gasteiger partial charge in [0.25, 0.3) is 0 Å². The highest BCUT2D eigenvalue weighted by atomic mass is 79.9. The fourth-order valence-electron chi connectivity index (χ4n) is 1.07. The predicted octanol–water partition coefficient (Wildman–Crippen LogP) is 3.09. The summed E-state index contributed by atoms with van der Waals surface area (Å²) in [5.41, 5.74) is 0.263. The first-order chi connectivity index (χ1) is 7.16. The van der Waals surface area contributed by atoms with Gasteiger partial charge in [-0.25, -0.2) is 9.37 Å². The SMILES string of the molecule is Fc1ccc(Br)cc1-c1nncc(Cl)n1. The molecule has 0 radical (unpaired) electrons. The Kier molecular flexibility index (Phi) is 2.93. The minimum atomic E-state index is -0.415. The molecule has 0 fully saturated rings. The number of halogens is 3. The minimum absolute atomic E-state index is 0.168. The standard InChI is InChI=1S/C9H4BrClFN3/c10-5-1-2-7(12)6(3-5)9-14-8(11)4-13-15-9/h1-4H. The highest BCUT2D eigenvalue weighted by Gasteiger charge is 2.09. The molecular weight excluding hydrogens is 284 g/mol. The van der Waals surface area contributed by atoms with E-state index < -0.39 is 5.82 Å². The molecule has 1 aromatic carbocycles. The van der Waals surface area contributed by atoms with Crippen LogP contribution in [-0.4, -0.2) is 15.2 Å². The molecule has 1 heterocycles. The van der Waals surface area contributed by atoms with E-state index in [4.69, 9.17) is 11.6 Å². The van der Waals surface area contributed by atoms with Gasteiger partial charge in [0.05, 0.1) is 11.8 Å². The molecular formula is C9H4BrClFN3. The molecule has 0 aliphatic carbocycles. The van der Waals surface area contributed by atoms with Gasteiger partial charge in [0.2, 0.25) is 0 Å². The second kappa shape index (κ2) is 4.20. The van der Waals surface area contributed by atoms with Crippen molar-refractivity contribution in [3.05, 3.63) is 39.8 Å². The number of nitrogens with zero attached hydrogens (tertiary/aromatic N) is 3. The van der Waals surface area contributed by atoms with Crippen molar-refractivity contribution < 1.29 is 4.39 Å². The van der Waals surface area contributed by atoms with Crippen LogP contribution in [0.25, 0.3) is 11.4 Å². The third kappa shape index (κ3) is 2.30. The van der Waals surface area contributed by atoms with Crippen molar-refractivity contribution in [3.63, 3.8) is 0 Å². The van der Waals surface area contributed by atoms with Crippen LogP contribution in [0, 0.1) is 5.82 Å². The molecule has 2 aromatic rings. The highest BCUT2D eigenvalue weighted by molar-refractivity contribution is 9.10. The molecule has 6 heteroatoms. The molecule has 76 valence electrons. The summed E-state index contributed by atoms with van der Waals surface area (Å²) in [7, 11) is 0. The van der Waals surface area contributed by atoms with Gasteiger partial charge in [-0.1, -0.05) is 27.5 Å². The van der Waals surface area contributed by atoms with Gasteiger partial charge in [-0.2, -0.15) is 5.10 Å². The van der Waals surface area contributed by atoms with Crippen molar-refractivity contribution in [2.45, 2.75) is 0 Å². The van der Waals surface area contributed by atoms with E-state index in [1.54, 1.807) is 12.1 Å². The van der Waals surface area contributed by atoms with Crippen LogP contribution in [0.5, 0.6) is 0 Å². The zero-order chi connectivity index (χ0) is 10.8. The van der Waals surface area contributed by atoms with E-state index in [9.17, 15) is 4.39 Å². The Labute approximate surface area is 98.5 Å². The van der Waals surface area contributed by atoms with Crippen LogP contribution in [0.1, 0.15) is 0 Å². The summed E-state index contributed by atoms with van der Waals surface area (Å²) >= 11 is 8.88. The summed E-state index contributed by atoms with van der Waals surface area (Å²) in [6.07, 6.45) is 1.29. The van der Waals surface area contributed by atoms with E-state index in [0.29, 0.717) is 0 Å². The smallest absolute Gasteiger partial charge is 0.186 e. The number of hydrogen-bond donors (Lipinski definition) is 0. The van der Waals surface area contributed by atoms with E-state index in [1.807, 2.05) is 0 Å². The van der Waals surface area contributed by atoms with Crippen molar-refractivity contribution >= 4 is 27.5 Å². The van der Waals surface area contributed by atoms with Crippen molar-refractivity contribution in [2.75, 3.05) is 0 Å². The second-order valence-corrected chi connectivity index (χ2v) is 4.03. The van der Waals surface area contributed by atoms with E-state index in [2.05, 4.69) is 31.1 Å². The molecule has 0 spiro atoms. The average Bonchev–Trinajstić information content (AvgIpc) is 2.22. The Morgan fingerprint density at radius 2 is 2.13 bits per heavy atom. The fraction of sp³-hybridized carbons (Fsp3) is 0. The maximum absolute atomic E-state index is 13.4. The van der Waals surface area contributed by atoms with Crippen molar-refractivity contribution in [1.29, 1.82) is 0 Å². The molecule has 0 saturated heterocycles. The van der Waals surface area contributed by atoms with Gasteiger partial charge >= 0.3 is 0 Å². The molecule has 0 bridgehead atoms. The summed E-state index contributed by atoms with van der Waals surface area (Å²) in [5, 5.41) is 7.49. The van der Waals surface area contributed by atoms with Gasteiger partial charge in [0, 0.05) is 4.47 Å². The summed E-state index contributed by atoms with van der Waals surface area (Å²) in [6, 6.07) is 4.49. The summed E-state index contributed by atoms with van der Waals surface area (Å²) in [5.74, 6) is -0.247. The lowest BCUT2D eigenvalue weighted by Crippen LogP contribution is -1.94.